The smallest absolute Gasteiger partial charge is 0.152 e. The molecule has 53 heavy (non-hydrogen) atoms. The lowest BCUT2D eigenvalue weighted by Gasteiger charge is -2.27. The first-order chi connectivity index (χ1) is 26.3. The number of rotatable bonds is 5. The summed E-state index contributed by atoms with van der Waals surface area (Å²) in [6.07, 6.45) is 0. The Hall–Kier alpha value is -7.10. The first-order valence-corrected chi connectivity index (χ1v) is 18.1. The summed E-state index contributed by atoms with van der Waals surface area (Å²) >= 11 is 0. The molecule has 3 nitrogen and oxygen atoms in total. The summed E-state index contributed by atoms with van der Waals surface area (Å²) in [4.78, 5) is 2.38. The lowest BCUT2D eigenvalue weighted by atomic mass is 10.00. The second-order valence-corrected chi connectivity index (χ2v) is 13.7. The van der Waals surface area contributed by atoms with Crippen LogP contribution in [0.5, 0.6) is 11.5 Å². The number of hydrogen-bond acceptors (Lipinski definition) is 2. The Kier molecular flexibility index (Phi) is 6.55. The summed E-state index contributed by atoms with van der Waals surface area (Å²) in [7, 11) is 0. The van der Waals surface area contributed by atoms with Gasteiger partial charge in [0.15, 0.2) is 11.5 Å². The molecule has 0 unspecified atom stereocenters. The molecule has 9 aromatic carbocycles. The van der Waals surface area contributed by atoms with Crippen molar-refractivity contribution in [2.45, 2.75) is 0 Å². The van der Waals surface area contributed by atoms with E-state index in [0.717, 1.165) is 45.3 Å². The van der Waals surface area contributed by atoms with E-state index in [-0.39, 0.29) is 0 Å². The lowest BCUT2D eigenvalue weighted by molar-refractivity contribution is 0.476. The molecular weight excluding hydrogens is 645 g/mol. The SMILES string of the molecule is c1ccc2c(c1)Oc1cccc3c4cccc(-c5ccc(N(c6ccc(-c7ccc8ccccc8c7)cc6)c6cccc7ccccc67)cc5)c4n-2c13. The highest BCUT2D eigenvalue weighted by atomic mass is 16.5. The number of aromatic nitrogens is 1. The average molecular weight is 677 g/mol. The molecule has 1 aromatic heterocycles. The molecule has 0 amide bonds. The van der Waals surface area contributed by atoms with Crippen LogP contribution in [0.1, 0.15) is 0 Å². The Labute approximate surface area is 307 Å². The van der Waals surface area contributed by atoms with Gasteiger partial charge in [0.25, 0.3) is 0 Å². The monoisotopic (exact) mass is 676 g/mol. The maximum absolute atomic E-state index is 6.40. The normalized spacial score (nSPS) is 11.9. The Morgan fingerprint density at radius 2 is 0.962 bits per heavy atom. The molecular formula is C50H32N2O. The van der Waals surface area contributed by atoms with Crippen LogP contribution in [0.4, 0.5) is 17.1 Å². The zero-order valence-electron chi connectivity index (χ0n) is 28.8. The fourth-order valence-electron chi connectivity index (χ4n) is 8.28. The van der Waals surface area contributed by atoms with Gasteiger partial charge in [-0.25, -0.2) is 0 Å². The molecule has 0 saturated heterocycles. The van der Waals surface area contributed by atoms with Crippen molar-refractivity contribution in [3.05, 3.63) is 194 Å². The van der Waals surface area contributed by atoms with Crippen LogP contribution in [0.2, 0.25) is 0 Å². The standard InChI is InChI=1S/C50H32N2O/c1-2-12-37-32-38(23-22-33(37)10-1)34-24-28-39(29-25-34)51(45-19-7-13-35-11-3-4-14-41(35)45)40-30-26-36(27-31-40)42-15-8-16-43-44-17-9-21-48-50(44)52(49(42)43)46-18-5-6-20-47(46)53-48/h1-32H. The number of anilines is 3. The van der Waals surface area contributed by atoms with E-state index in [2.05, 4.69) is 198 Å². The van der Waals surface area contributed by atoms with E-state index in [1.807, 2.05) is 6.07 Å². The zero-order valence-corrected chi connectivity index (χ0v) is 28.8. The minimum atomic E-state index is 0.868. The number of hydrogen-bond donors (Lipinski definition) is 0. The first-order valence-electron chi connectivity index (χ1n) is 18.1. The molecule has 0 bridgehead atoms. The maximum atomic E-state index is 6.40. The Morgan fingerprint density at radius 1 is 0.377 bits per heavy atom. The van der Waals surface area contributed by atoms with Gasteiger partial charge in [-0.2, -0.15) is 0 Å². The molecule has 0 aliphatic carbocycles. The molecule has 0 fully saturated rings. The fraction of sp³-hybridized carbons (Fsp3) is 0. The van der Waals surface area contributed by atoms with E-state index in [4.69, 9.17) is 4.74 Å². The summed E-state index contributed by atoms with van der Waals surface area (Å²) < 4.78 is 8.79. The van der Waals surface area contributed by atoms with E-state index in [1.165, 1.54) is 54.5 Å². The number of fused-ring (bicyclic) bond motifs is 7. The molecule has 1 aliphatic heterocycles. The average Bonchev–Trinajstić information content (AvgIpc) is 3.57. The van der Waals surface area contributed by atoms with Crippen LogP contribution in [0.25, 0.3) is 71.3 Å². The van der Waals surface area contributed by atoms with E-state index in [1.54, 1.807) is 0 Å². The molecule has 0 radical (unpaired) electrons. The van der Waals surface area contributed by atoms with Crippen molar-refractivity contribution in [1.29, 1.82) is 0 Å². The van der Waals surface area contributed by atoms with Crippen molar-refractivity contribution < 1.29 is 4.74 Å². The number of nitrogens with zero attached hydrogens (tertiary/aromatic N) is 2. The van der Waals surface area contributed by atoms with Crippen molar-refractivity contribution in [2.75, 3.05) is 4.90 Å². The van der Waals surface area contributed by atoms with Gasteiger partial charge in [0.2, 0.25) is 0 Å². The molecule has 1 aliphatic rings. The van der Waals surface area contributed by atoms with Crippen LogP contribution >= 0.6 is 0 Å². The molecule has 0 atom stereocenters. The number of ether oxygens (including phenoxy) is 1. The summed E-state index contributed by atoms with van der Waals surface area (Å²) in [5, 5.41) is 7.33. The van der Waals surface area contributed by atoms with Gasteiger partial charge < -0.3 is 14.2 Å². The van der Waals surface area contributed by atoms with Gasteiger partial charge in [-0.1, -0.05) is 140 Å². The maximum Gasteiger partial charge on any atom is 0.152 e. The Balaban J connectivity index is 1.05. The first kappa shape index (κ1) is 29.6. The van der Waals surface area contributed by atoms with Crippen LogP contribution < -0.4 is 9.64 Å². The van der Waals surface area contributed by atoms with Crippen molar-refractivity contribution in [3.63, 3.8) is 0 Å². The minimum Gasteiger partial charge on any atom is -0.453 e. The third-order valence-electron chi connectivity index (χ3n) is 10.8. The van der Waals surface area contributed by atoms with Crippen LogP contribution in [0.3, 0.4) is 0 Å². The van der Waals surface area contributed by atoms with Crippen molar-refractivity contribution >= 4 is 60.4 Å². The van der Waals surface area contributed by atoms with E-state index < -0.39 is 0 Å². The van der Waals surface area contributed by atoms with Gasteiger partial charge in [0.05, 0.1) is 22.4 Å². The molecule has 3 heteroatoms. The van der Waals surface area contributed by atoms with E-state index in [9.17, 15) is 0 Å². The molecule has 0 spiro atoms. The zero-order chi connectivity index (χ0) is 34.9. The van der Waals surface area contributed by atoms with Gasteiger partial charge in [-0.15, -0.1) is 0 Å². The minimum absolute atomic E-state index is 0.868. The molecule has 0 N–H and O–H groups in total. The predicted octanol–water partition coefficient (Wildman–Crippen LogP) is 14.0. The highest BCUT2D eigenvalue weighted by Gasteiger charge is 2.25. The highest BCUT2D eigenvalue weighted by molar-refractivity contribution is 6.16. The third kappa shape index (κ3) is 4.68. The number of para-hydroxylation sites is 4. The molecule has 248 valence electrons. The van der Waals surface area contributed by atoms with Gasteiger partial charge in [0.1, 0.15) is 0 Å². The van der Waals surface area contributed by atoms with Gasteiger partial charge in [-0.3, -0.25) is 0 Å². The fourth-order valence-corrected chi connectivity index (χ4v) is 8.28. The Morgan fingerprint density at radius 3 is 1.79 bits per heavy atom. The molecule has 2 heterocycles. The van der Waals surface area contributed by atoms with E-state index >= 15 is 0 Å². The van der Waals surface area contributed by atoms with E-state index in [0.29, 0.717) is 0 Å². The topological polar surface area (TPSA) is 17.4 Å². The van der Waals surface area contributed by atoms with Gasteiger partial charge in [0, 0.05) is 33.1 Å². The van der Waals surface area contributed by atoms with Gasteiger partial charge >= 0.3 is 0 Å². The predicted molar refractivity (Wildman–Crippen MR) is 221 cm³/mol. The second-order valence-electron chi connectivity index (χ2n) is 13.7. The summed E-state index contributed by atoms with van der Waals surface area (Å²) in [5.41, 5.74) is 11.5. The third-order valence-corrected chi connectivity index (χ3v) is 10.8. The summed E-state index contributed by atoms with van der Waals surface area (Å²) in [6.45, 7) is 0. The molecule has 0 saturated carbocycles. The molecule has 10 aromatic rings. The van der Waals surface area contributed by atoms with Gasteiger partial charge in [-0.05, 0) is 87.4 Å². The van der Waals surface area contributed by atoms with Crippen LogP contribution in [0.15, 0.2) is 194 Å². The Bertz CT molecular complexity index is 3020. The second kappa shape index (κ2) is 11.7. The number of benzene rings is 9. The molecule has 11 rings (SSSR count). The van der Waals surface area contributed by atoms with Crippen LogP contribution in [0, 0.1) is 0 Å². The summed E-state index contributed by atoms with van der Waals surface area (Å²) in [5.74, 6) is 1.75. The summed E-state index contributed by atoms with van der Waals surface area (Å²) in [6, 6.07) is 69.8. The lowest BCUT2D eigenvalue weighted by Crippen LogP contribution is -2.10. The largest absolute Gasteiger partial charge is 0.453 e. The van der Waals surface area contributed by atoms with Crippen LogP contribution in [-0.4, -0.2) is 4.57 Å². The highest BCUT2D eigenvalue weighted by Crippen LogP contribution is 2.48. The van der Waals surface area contributed by atoms with Crippen molar-refractivity contribution in [1.82, 2.24) is 4.57 Å². The van der Waals surface area contributed by atoms with Crippen LogP contribution in [-0.2, 0) is 0 Å². The quantitative estimate of drug-likeness (QED) is 0.181. The van der Waals surface area contributed by atoms with Crippen molar-refractivity contribution in [3.8, 4) is 39.4 Å². The van der Waals surface area contributed by atoms with Crippen molar-refractivity contribution in [2.24, 2.45) is 0 Å².